The molecular weight excluding hydrogens is 368 g/mol. The van der Waals surface area contributed by atoms with Gasteiger partial charge in [-0.1, -0.05) is 45.2 Å². The summed E-state index contributed by atoms with van der Waals surface area (Å²) < 4.78 is 13.8. The number of halogens is 4. The maximum Gasteiger partial charge on any atom is 0.253 e. The molecule has 0 aromatic heterocycles. The van der Waals surface area contributed by atoms with Crippen LogP contribution in [0.3, 0.4) is 0 Å². The van der Waals surface area contributed by atoms with E-state index in [1.54, 1.807) is 24.3 Å². The Morgan fingerprint density at radius 2 is 1.90 bits per heavy atom. The molecule has 6 heteroatoms. The molecule has 2 nitrogen and oxygen atoms in total. The molecule has 0 unspecified atom stereocenters. The van der Waals surface area contributed by atoms with Gasteiger partial charge in [-0.2, -0.15) is 0 Å². The zero-order valence-electron chi connectivity index (χ0n) is 10.1. The van der Waals surface area contributed by atoms with Gasteiger partial charge in [-0.15, -0.1) is 0 Å². The molecule has 0 bridgehead atoms. The third-order valence-electron chi connectivity index (χ3n) is 2.61. The van der Waals surface area contributed by atoms with Crippen molar-refractivity contribution in [3.05, 3.63) is 67.9 Å². The van der Waals surface area contributed by atoms with Crippen molar-refractivity contribution in [3.8, 4) is 0 Å². The lowest BCUT2D eigenvalue weighted by Gasteiger charge is -2.08. The predicted octanol–water partition coefficient (Wildman–Crippen LogP) is 4.83. The summed E-state index contributed by atoms with van der Waals surface area (Å²) in [6.45, 7) is 0.238. The second-order valence-corrected chi connectivity index (χ2v) is 5.79. The molecule has 1 amide bonds. The van der Waals surface area contributed by atoms with Crippen molar-refractivity contribution in [2.45, 2.75) is 6.54 Å². The first-order valence-corrected chi connectivity index (χ1v) is 7.19. The Hall–Kier alpha value is -1.10. The molecule has 0 radical (unpaired) electrons. The molecule has 1 N–H and O–H groups in total. The second-order valence-electron chi connectivity index (χ2n) is 4.06. The molecule has 104 valence electrons. The minimum atomic E-state index is -0.489. The van der Waals surface area contributed by atoms with E-state index < -0.39 is 5.82 Å². The van der Waals surface area contributed by atoms with Gasteiger partial charge in [0.05, 0.1) is 15.6 Å². The molecule has 0 aliphatic heterocycles. The number of benzene rings is 2. The van der Waals surface area contributed by atoms with E-state index >= 15 is 0 Å². The Balaban J connectivity index is 2.08. The van der Waals surface area contributed by atoms with Crippen molar-refractivity contribution in [2.75, 3.05) is 0 Å². The highest BCUT2D eigenvalue weighted by Gasteiger charge is 2.11. The molecule has 0 aliphatic rings. The molecule has 0 saturated heterocycles. The van der Waals surface area contributed by atoms with Crippen LogP contribution in [0.25, 0.3) is 0 Å². The molecule has 2 aromatic rings. The van der Waals surface area contributed by atoms with Gasteiger partial charge in [0.1, 0.15) is 5.82 Å². The summed E-state index contributed by atoms with van der Waals surface area (Å²) in [4.78, 5) is 12.0. The first-order chi connectivity index (χ1) is 9.47. The molecule has 0 atom stereocenters. The van der Waals surface area contributed by atoms with Crippen LogP contribution < -0.4 is 5.32 Å². The largest absolute Gasteiger partial charge is 0.348 e. The smallest absolute Gasteiger partial charge is 0.253 e. The van der Waals surface area contributed by atoms with Gasteiger partial charge in [0.25, 0.3) is 5.91 Å². The van der Waals surface area contributed by atoms with E-state index in [1.165, 1.54) is 12.1 Å². The number of rotatable bonds is 3. The van der Waals surface area contributed by atoms with Crippen molar-refractivity contribution in [1.82, 2.24) is 5.32 Å². The van der Waals surface area contributed by atoms with Gasteiger partial charge < -0.3 is 5.32 Å². The Labute approximate surface area is 134 Å². The van der Waals surface area contributed by atoms with E-state index in [1.807, 2.05) is 0 Å². The summed E-state index contributed by atoms with van der Waals surface area (Å²) in [5, 5.41) is 3.09. The van der Waals surface area contributed by atoms with Gasteiger partial charge in [-0.05, 0) is 35.9 Å². The standard InChI is InChI=1S/C14H9BrCl2FNO/c15-9-2-3-11(16)10(6-9)14(20)19-7-8-1-4-13(18)12(17)5-8/h1-6H,7H2,(H,19,20). The van der Waals surface area contributed by atoms with Crippen LogP contribution in [-0.4, -0.2) is 5.91 Å². The van der Waals surface area contributed by atoms with Crippen LogP contribution in [0.15, 0.2) is 40.9 Å². The van der Waals surface area contributed by atoms with Gasteiger partial charge in [0.15, 0.2) is 0 Å². The molecular formula is C14H9BrCl2FNO. The van der Waals surface area contributed by atoms with E-state index in [9.17, 15) is 9.18 Å². The summed E-state index contributed by atoms with van der Waals surface area (Å²) in [6, 6.07) is 9.31. The van der Waals surface area contributed by atoms with E-state index in [0.29, 0.717) is 16.1 Å². The summed E-state index contributed by atoms with van der Waals surface area (Å²) in [5.41, 5.74) is 1.07. The zero-order valence-corrected chi connectivity index (χ0v) is 13.2. The first-order valence-electron chi connectivity index (χ1n) is 5.64. The third kappa shape index (κ3) is 3.72. The second kappa shape index (κ2) is 6.57. The normalized spacial score (nSPS) is 10.4. The molecule has 0 saturated carbocycles. The number of carbonyl (C=O) groups excluding carboxylic acids is 1. The third-order valence-corrected chi connectivity index (χ3v) is 3.72. The lowest BCUT2D eigenvalue weighted by atomic mass is 10.2. The zero-order chi connectivity index (χ0) is 14.7. The lowest BCUT2D eigenvalue weighted by Crippen LogP contribution is -2.23. The Kier molecular flexibility index (Phi) is 5.02. The Morgan fingerprint density at radius 3 is 2.60 bits per heavy atom. The van der Waals surface area contributed by atoms with Crippen molar-refractivity contribution in [1.29, 1.82) is 0 Å². The number of amides is 1. The molecule has 0 spiro atoms. The SMILES string of the molecule is O=C(NCc1ccc(F)c(Cl)c1)c1cc(Br)ccc1Cl. The van der Waals surface area contributed by atoms with Crippen LogP contribution in [0.2, 0.25) is 10.0 Å². The van der Waals surface area contributed by atoms with Gasteiger partial charge in [0, 0.05) is 11.0 Å². The molecule has 0 heterocycles. The van der Waals surface area contributed by atoms with Crippen molar-refractivity contribution in [2.24, 2.45) is 0 Å². The lowest BCUT2D eigenvalue weighted by molar-refractivity contribution is 0.0951. The molecule has 2 rings (SSSR count). The Morgan fingerprint density at radius 1 is 1.15 bits per heavy atom. The predicted molar refractivity (Wildman–Crippen MR) is 81.7 cm³/mol. The topological polar surface area (TPSA) is 29.1 Å². The van der Waals surface area contributed by atoms with Crippen molar-refractivity contribution < 1.29 is 9.18 Å². The van der Waals surface area contributed by atoms with E-state index in [0.717, 1.165) is 4.47 Å². The summed E-state index contributed by atoms with van der Waals surface area (Å²) >= 11 is 14.9. The number of hydrogen-bond donors (Lipinski definition) is 1. The fourth-order valence-electron chi connectivity index (χ4n) is 1.60. The molecule has 2 aromatic carbocycles. The minimum Gasteiger partial charge on any atom is -0.348 e. The van der Waals surface area contributed by atoms with Crippen molar-refractivity contribution >= 4 is 45.0 Å². The fourth-order valence-corrected chi connectivity index (χ4v) is 2.37. The summed E-state index contributed by atoms with van der Waals surface area (Å²) in [7, 11) is 0. The maximum absolute atomic E-state index is 13.0. The van der Waals surface area contributed by atoms with Crippen LogP contribution in [0.4, 0.5) is 4.39 Å². The average Bonchev–Trinajstić information content (AvgIpc) is 2.42. The van der Waals surface area contributed by atoms with Crippen LogP contribution in [0, 0.1) is 5.82 Å². The summed E-state index contributed by atoms with van der Waals surface area (Å²) in [6.07, 6.45) is 0. The maximum atomic E-state index is 13.0. The van der Waals surface area contributed by atoms with Gasteiger partial charge in [-0.25, -0.2) is 4.39 Å². The van der Waals surface area contributed by atoms with Crippen LogP contribution >= 0.6 is 39.1 Å². The van der Waals surface area contributed by atoms with E-state index in [4.69, 9.17) is 23.2 Å². The summed E-state index contributed by atoms with van der Waals surface area (Å²) in [5.74, 6) is -0.798. The fraction of sp³-hybridized carbons (Fsp3) is 0.0714. The molecule has 20 heavy (non-hydrogen) atoms. The highest BCUT2D eigenvalue weighted by atomic mass is 79.9. The Bertz CT molecular complexity index is 664. The first kappa shape index (κ1) is 15.3. The van der Waals surface area contributed by atoms with Gasteiger partial charge >= 0.3 is 0 Å². The van der Waals surface area contributed by atoms with E-state index in [-0.39, 0.29) is 17.5 Å². The number of carbonyl (C=O) groups is 1. The van der Waals surface area contributed by atoms with Gasteiger partial charge in [-0.3, -0.25) is 4.79 Å². The molecule has 0 fully saturated rings. The van der Waals surface area contributed by atoms with Crippen LogP contribution in [-0.2, 0) is 6.54 Å². The minimum absolute atomic E-state index is 0.0252. The average molecular weight is 377 g/mol. The highest BCUT2D eigenvalue weighted by Crippen LogP contribution is 2.21. The van der Waals surface area contributed by atoms with Gasteiger partial charge in [0.2, 0.25) is 0 Å². The number of nitrogens with one attached hydrogen (secondary N) is 1. The van der Waals surface area contributed by atoms with Crippen LogP contribution in [0.1, 0.15) is 15.9 Å². The highest BCUT2D eigenvalue weighted by molar-refractivity contribution is 9.10. The van der Waals surface area contributed by atoms with Crippen LogP contribution in [0.5, 0.6) is 0 Å². The molecule has 0 aliphatic carbocycles. The number of hydrogen-bond acceptors (Lipinski definition) is 1. The quantitative estimate of drug-likeness (QED) is 0.816. The van der Waals surface area contributed by atoms with Crippen molar-refractivity contribution in [3.63, 3.8) is 0 Å². The van der Waals surface area contributed by atoms with E-state index in [2.05, 4.69) is 21.2 Å². The monoisotopic (exact) mass is 375 g/mol.